The predicted molar refractivity (Wildman–Crippen MR) is 81.7 cm³/mol. The molecule has 116 valence electrons. The smallest absolute Gasteiger partial charge is 0.325 e. The molecule has 22 heavy (non-hydrogen) atoms. The molecule has 1 heterocycles. The summed E-state index contributed by atoms with van der Waals surface area (Å²) >= 11 is 0. The van der Waals surface area contributed by atoms with Gasteiger partial charge < -0.3 is 14.7 Å². The fraction of sp³-hybridized carbons (Fsp3) is 0.312. The number of ether oxygens (including phenoxy) is 1. The zero-order valence-electron chi connectivity index (χ0n) is 12.8. The molecule has 0 atom stereocenters. The van der Waals surface area contributed by atoms with E-state index in [1.165, 1.54) is 11.9 Å². The average molecular weight is 302 g/mol. The average Bonchev–Trinajstić information content (AvgIpc) is 2.48. The second-order valence-electron chi connectivity index (χ2n) is 4.90. The van der Waals surface area contributed by atoms with Crippen molar-refractivity contribution in [1.82, 2.24) is 9.88 Å². The maximum absolute atomic E-state index is 12.6. The van der Waals surface area contributed by atoms with Crippen LogP contribution in [0.4, 0.5) is 0 Å². The topological polar surface area (TPSA) is 79.7 Å². The highest BCUT2D eigenvalue weighted by Gasteiger charge is 2.23. The number of carbonyl (C=O) groups is 2. The van der Waals surface area contributed by atoms with Gasteiger partial charge in [0.15, 0.2) is 0 Å². The quantitative estimate of drug-likeness (QED) is 0.872. The zero-order chi connectivity index (χ0) is 16.3. The molecule has 1 N–H and O–H groups in total. The lowest BCUT2D eigenvalue weighted by Gasteiger charge is -2.18. The first-order valence-corrected chi connectivity index (χ1v) is 6.95. The predicted octanol–water partition coefficient (Wildman–Crippen LogP) is 1.88. The van der Waals surface area contributed by atoms with Gasteiger partial charge in [0, 0.05) is 12.4 Å². The fourth-order valence-electron chi connectivity index (χ4n) is 2.20. The van der Waals surface area contributed by atoms with Gasteiger partial charge in [-0.2, -0.15) is 0 Å². The number of amides is 1. The van der Waals surface area contributed by atoms with Crippen LogP contribution in [-0.4, -0.2) is 47.1 Å². The molecule has 0 saturated heterocycles. The van der Waals surface area contributed by atoms with Crippen LogP contribution in [0, 0.1) is 6.92 Å². The minimum absolute atomic E-state index is 0.148. The number of aromatic hydroxyl groups is 1. The van der Waals surface area contributed by atoms with Gasteiger partial charge in [0.25, 0.3) is 5.91 Å². The van der Waals surface area contributed by atoms with Crippen LogP contribution in [0.15, 0.2) is 24.3 Å². The lowest BCUT2D eigenvalue weighted by Crippen LogP contribution is -2.33. The highest BCUT2D eigenvalue weighted by molar-refractivity contribution is 6.09. The van der Waals surface area contributed by atoms with Crippen molar-refractivity contribution in [1.29, 1.82) is 0 Å². The van der Waals surface area contributed by atoms with E-state index < -0.39 is 11.9 Å². The number of pyridine rings is 1. The highest BCUT2D eigenvalue weighted by Crippen LogP contribution is 2.29. The summed E-state index contributed by atoms with van der Waals surface area (Å²) < 4.78 is 4.83. The summed E-state index contributed by atoms with van der Waals surface area (Å²) in [7, 11) is 1.49. The maximum Gasteiger partial charge on any atom is 0.325 e. The van der Waals surface area contributed by atoms with Gasteiger partial charge in [0.1, 0.15) is 12.3 Å². The van der Waals surface area contributed by atoms with Crippen LogP contribution in [0.25, 0.3) is 10.9 Å². The number of aryl methyl sites for hydroxylation is 1. The summed E-state index contributed by atoms with van der Waals surface area (Å²) in [5, 5.41) is 10.8. The summed E-state index contributed by atoms with van der Waals surface area (Å²) in [5.74, 6) is -1.11. The Morgan fingerprint density at radius 2 is 2.00 bits per heavy atom. The number of rotatable bonds is 4. The summed E-state index contributed by atoms with van der Waals surface area (Å²) in [6, 6.07) is 7.06. The highest BCUT2D eigenvalue weighted by atomic mass is 16.5. The first kappa shape index (κ1) is 15.8. The van der Waals surface area contributed by atoms with Gasteiger partial charge in [0.05, 0.1) is 23.4 Å². The number of aromatic nitrogens is 1. The molecule has 2 aromatic rings. The van der Waals surface area contributed by atoms with Gasteiger partial charge >= 0.3 is 5.97 Å². The van der Waals surface area contributed by atoms with E-state index in [2.05, 4.69) is 4.98 Å². The second kappa shape index (κ2) is 6.43. The van der Waals surface area contributed by atoms with Gasteiger partial charge in [-0.3, -0.25) is 9.59 Å². The molecule has 0 saturated carbocycles. The van der Waals surface area contributed by atoms with E-state index in [1.54, 1.807) is 32.0 Å². The molecule has 0 radical (unpaired) electrons. The number of hydrogen-bond acceptors (Lipinski definition) is 5. The van der Waals surface area contributed by atoms with E-state index >= 15 is 0 Å². The van der Waals surface area contributed by atoms with Crippen molar-refractivity contribution in [3.05, 3.63) is 35.5 Å². The molecule has 0 fully saturated rings. The van der Waals surface area contributed by atoms with E-state index in [-0.39, 0.29) is 24.5 Å². The van der Waals surface area contributed by atoms with Gasteiger partial charge in [-0.1, -0.05) is 18.2 Å². The largest absolute Gasteiger partial charge is 0.505 e. The molecule has 0 aliphatic rings. The third-order valence-corrected chi connectivity index (χ3v) is 3.27. The molecular weight excluding hydrogens is 284 g/mol. The van der Waals surface area contributed by atoms with E-state index in [9.17, 15) is 14.7 Å². The molecule has 0 unspecified atom stereocenters. The molecule has 6 nitrogen and oxygen atoms in total. The zero-order valence-corrected chi connectivity index (χ0v) is 12.8. The Morgan fingerprint density at radius 3 is 2.68 bits per heavy atom. The van der Waals surface area contributed by atoms with Crippen molar-refractivity contribution in [2.45, 2.75) is 13.8 Å². The standard InChI is InChI=1S/C16H18N2O4/c1-4-22-13(19)9-18(3)16(21)14-11-7-5-6-8-12(11)17-10(2)15(14)20/h5-8,20H,4,9H2,1-3H3. The molecule has 1 amide bonds. The van der Waals surface area contributed by atoms with E-state index in [4.69, 9.17) is 4.74 Å². The van der Waals surface area contributed by atoms with Crippen LogP contribution in [-0.2, 0) is 9.53 Å². The summed E-state index contributed by atoms with van der Waals surface area (Å²) in [5.41, 5.74) is 1.13. The van der Waals surface area contributed by atoms with Gasteiger partial charge in [0.2, 0.25) is 0 Å². The lowest BCUT2D eigenvalue weighted by molar-refractivity contribution is -0.143. The van der Waals surface area contributed by atoms with Crippen LogP contribution in [0.2, 0.25) is 0 Å². The number of esters is 1. The van der Waals surface area contributed by atoms with Crippen LogP contribution >= 0.6 is 0 Å². The number of hydrogen-bond donors (Lipinski definition) is 1. The lowest BCUT2D eigenvalue weighted by atomic mass is 10.1. The third kappa shape index (κ3) is 3.00. The molecule has 1 aromatic heterocycles. The number of carbonyl (C=O) groups excluding carboxylic acids is 2. The number of para-hydroxylation sites is 1. The molecule has 0 aliphatic carbocycles. The minimum Gasteiger partial charge on any atom is -0.505 e. The van der Waals surface area contributed by atoms with Gasteiger partial charge in [-0.25, -0.2) is 4.98 Å². The first-order valence-electron chi connectivity index (χ1n) is 6.95. The van der Waals surface area contributed by atoms with E-state index in [0.717, 1.165) is 0 Å². The Bertz CT molecular complexity index is 727. The van der Waals surface area contributed by atoms with Crippen LogP contribution < -0.4 is 0 Å². The van der Waals surface area contributed by atoms with Crippen molar-refractivity contribution in [2.75, 3.05) is 20.2 Å². The van der Waals surface area contributed by atoms with Crippen molar-refractivity contribution in [3.63, 3.8) is 0 Å². The van der Waals surface area contributed by atoms with Crippen molar-refractivity contribution < 1.29 is 19.4 Å². The number of benzene rings is 1. The number of fused-ring (bicyclic) bond motifs is 1. The van der Waals surface area contributed by atoms with Crippen LogP contribution in [0.3, 0.4) is 0 Å². The minimum atomic E-state index is -0.493. The number of likely N-dealkylation sites (N-methyl/N-ethyl adjacent to an activating group) is 1. The maximum atomic E-state index is 12.6. The summed E-state index contributed by atoms with van der Waals surface area (Å²) in [6.45, 7) is 3.40. The third-order valence-electron chi connectivity index (χ3n) is 3.27. The van der Waals surface area contributed by atoms with E-state index in [1.807, 2.05) is 6.07 Å². The number of nitrogens with zero attached hydrogens (tertiary/aromatic N) is 2. The molecule has 6 heteroatoms. The van der Waals surface area contributed by atoms with Crippen molar-refractivity contribution in [3.8, 4) is 5.75 Å². The molecule has 0 spiro atoms. The second-order valence-corrected chi connectivity index (χ2v) is 4.90. The Kier molecular flexibility index (Phi) is 4.60. The van der Waals surface area contributed by atoms with Crippen molar-refractivity contribution >= 4 is 22.8 Å². The molecule has 1 aromatic carbocycles. The van der Waals surface area contributed by atoms with Crippen molar-refractivity contribution in [2.24, 2.45) is 0 Å². The Labute approximate surface area is 128 Å². The van der Waals surface area contributed by atoms with Gasteiger partial charge in [-0.05, 0) is 19.9 Å². The summed E-state index contributed by atoms with van der Waals surface area (Å²) in [6.07, 6.45) is 0. The van der Waals surface area contributed by atoms with Crippen LogP contribution in [0.5, 0.6) is 5.75 Å². The Hall–Kier alpha value is -2.63. The van der Waals surface area contributed by atoms with Crippen LogP contribution in [0.1, 0.15) is 23.0 Å². The molecule has 0 bridgehead atoms. The first-order chi connectivity index (χ1) is 10.5. The molecular formula is C16H18N2O4. The molecule has 2 rings (SSSR count). The fourth-order valence-corrected chi connectivity index (χ4v) is 2.20. The van der Waals surface area contributed by atoms with Gasteiger partial charge in [-0.15, -0.1) is 0 Å². The monoisotopic (exact) mass is 302 g/mol. The van der Waals surface area contributed by atoms with E-state index in [0.29, 0.717) is 16.6 Å². The Balaban J connectivity index is 2.43. The summed E-state index contributed by atoms with van der Waals surface area (Å²) in [4.78, 5) is 29.6. The Morgan fingerprint density at radius 1 is 1.32 bits per heavy atom. The normalized spacial score (nSPS) is 10.5. The molecule has 0 aliphatic heterocycles. The SMILES string of the molecule is CCOC(=O)CN(C)C(=O)c1c(O)c(C)nc2ccccc12.